The van der Waals surface area contributed by atoms with Crippen molar-refractivity contribution < 1.29 is 23.0 Å². The van der Waals surface area contributed by atoms with E-state index in [4.69, 9.17) is 10.5 Å². The predicted molar refractivity (Wildman–Crippen MR) is 100 cm³/mol. The zero-order chi connectivity index (χ0) is 20.8. The van der Waals surface area contributed by atoms with Crippen LogP contribution in [0.15, 0.2) is 36.7 Å². The summed E-state index contributed by atoms with van der Waals surface area (Å²) in [5, 5.41) is 7.97. The third-order valence-electron chi connectivity index (χ3n) is 4.09. The Kier molecular flexibility index (Phi) is 6.32. The second-order valence-electron chi connectivity index (χ2n) is 6.11. The molecule has 10 heteroatoms. The summed E-state index contributed by atoms with van der Waals surface area (Å²) in [6.07, 6.45) is 2.86. The number of nitrogens with two attached hydrogens (primary N) is 1. The lowest BCUT2D eigenvalue weighted by Crippen LogP contribution is -2.09. The minimum absolute atomic E-state index is 0.0651. The Hall–Kier alpha value is -3.56. The Morgan fingerprint density at radius 2 is 2.00 bits per heavy atom. The van der Waals surface area contributed by atoms with Crippen LogP contribution in [-0.2, 0) is 11.3 Å². The number of halogens is 2. The van der Waals surface area contributed by atoms with Gasteiger partial charge >= 0.3 is 5.97 Å². The molecular weight excluding hydrogens is 384 g/mol. The van der Waals surface area contributed by atoms with Gasteiger partial charge in [-0.05, 0) is 31.0 Å². The van der Waals surface area contributed by atoms with Crippen LogP contribution in [0.25, 0.3) is 11.5 Å². The summed E-state index contributed by atoms with van der Waals surface area (Å²) in [5.41, 5.74) is 6.15. The van der Waals surface area contributed by atoms with Gasteiger partial charge < -0.3 is 19.8 Å². The molecule has 0 saturated carbocycles. The fourth-order valence-electron chi connectivity index (χ4n) is 2.68. The van der Waals surface area contributed by atoms with Crippen LogP contribution in [0.4, 0.5) is 14.6 Å². The summed E-state index contributed by atoms with van der Waals surface area (Å²) in [6, 6.07) is 6.86. The standard InChI is InChI=1S/C19H19F2N5O3/c1-28-19(27)12-9-13(20)14(21)10-16(12)29-8-3-2-7-26-11-23-25-18(26)15-5-4-6-17(22)24-15/h4-6,9-11H,2-3,7-8H2,1H3,(H2,22,24). The summed E-state index contributed by atoms with van der Waals surface area (Å²) in [7, 11) is 1.15. The number of hydrogen-bond donors (Lipinski definition) is 1. The number of esters is 1. The van der Waals surface area contributed by atoms with Crippen LogP contribution in [-0.4, -0.2) is 39.4 Å². The average Bonchev–Trinajstić information content (AvgIpc) is 3.18. The van der Waals surface area contributed by atoms with Gasteiger partial charge in [-0.25, -0.2) is 18.6 Å². The number of benzene rings is 1. The van der Waals surface area contributed by atoms with Gasteiger partial charge in [0.15, 0.2) is 17.5 Å². The number of nitrogens with zero attached hydrogens (tertiary/aromatic N) is 4. The minimum Gasteiger partial charge on any atom is -0.493 e. The van der Waals surface area contributed by atoms with Gasteiger partial charge in [-0.15, -0.1) is 10.2 Å². The number of nitrogen functional groups attached to an aromatic ring is 1. The number of unbranched alkanes of at least 4 members (excludes halogenated alkanes) is 1. The monoisotopic (exact) mass is 403 g/mol. The van der Waals surface area contributed by atoms with Crippen molar-refractivity contribution in [3.63, 3.8) is 0 Å². The molecule has 0 aliphatic carbocycles. The van der Waals surface area contributed by atoms with Crippen molar-refractivity contribution in [2.45, 2.75) is 19.4 Å². The molecular formula is C19H19F2N5O3. The largest absolute Gasteiger partial charge is 0.493 e. The summed E-state index contributed by atoms with van der Waals surface area (Å²) in [5.74, 6) is -2.14. The minimum atomic E-state index is -1.15. The highest BCUT2D eigenvalue weighted by molar-refractivity contribution is 5.92. The van der Waals surface area contributed by atoms with Gasteiger partial charge in [-0.2, -0.15) is 0 Å². The van der Waals surface area contributed by atoms with Crippen molar-refractivity contribution in [2.24, 2.45) is 0 Å². The molecule has 1 aromatic carbocycles. The van der Waals surface area contributed by atoms with Gasteiger partial charge in [-0.1, -0.05) is 6.07 Å². The van der Waals surface area contributed by atoms with Crippen LogP contribution >= 0.6 is 0 Å². The Morgan fingerprint density at radius 3 is 2.76 bits per heavy atom. The summed E-state index contributed by atoms with van der Waals surface area (Å²) < 4.78 is 38.7. The van der Waals surface area contributed by atoms with Gasteiger partial charge in [0.25, 0.3) is 0 Å². The van der Waals surface area contributed by atoms with E-state index in [1.165, 1.54) is 0 Å². The number of rotatable bonds is 8. The molecule has 0 amide bonds. The maximum absolute atomic E-state index is 13.5. The predicted octanol–water partition coefficient (Wildman–Crippen LogP) is 2.85. The molecule has 8 nitrogen and oxygen atoms in total. The van der Waals surface area contributed by atoms with E-state index in [2.05, 4.69) is 19.9 Å². The highest BCUT2D eigenvalue weighted by Crippen LogP contribution is 2.24. The topological polar surface area (TPSA) is 105 Å². The lowest BCUT2D eigenvalue weighted by atomic mass is 10.2. The van der Waals surface area contributed by atoms with Gasteiger partial charge in [-0.3, -0.25) is 0 Å². The molecule has 3 aromatic rings. The molecule has 152 valence electrons. The maximum Gasteiger partial charge on any atom is 0.341 e. The number of carbonyl (C=O) groups is 1. The van der Waals surface area contributed by atoms with Gasteiger partial charge in [0, 0.05) is 12.6 Å². The van der Waals surface area contributed by atoms with E-state index in [0.717, 1.165) is 19.2 Å². The van der Waals surface area contributed by atoms with E-state index < -0.39 is 17.6 Å². The zero-order valence-electron chi connectivity index (χ0n) is 15.6. The molecule has 0 unspecified atom stereocenters. The summed E-state index contributed by atoms with van der Waals surface area (Å²) >= 11 is 0. The first kappa shape index (κ1) is 20.2. The molecule has 0 saturated heterocycles. The molecule has 0 bridgehead atoms. The highest BCUT2D eigenvalue weighted by Gasteiger charge is 2.18. The van der Waals surface area contributed by atoms with Crippen molar-refractivity contribution in [1.82, 2.24) is 19.7 Å². The first-order chi connectivity index (χ1) is 14.0. The quantitative estimate of drug-likeness (QED) is 0.455. The van der Waals surface area contributed by atoms with Crippen LogP contribution in [0.3, 0.4) is 0 Å². The van der Waals surface area contributed by atoms with E-state index in [1.807, 2.05) is 4.57 Å². The molecule has 0 fully saturated rings. The number of ether oxygens (including phenoxy) is 2. The Morgan fingerprint density at radius 1 is 1.21 bits per heavy atom. The first-order valence-electron chi connectivity index (χ1n) is 8.80. The fourth-order valence-corrected chi connectivity index (χ4v) is 2.68. The maximum atomic E-state index is 13.5. The van der Waals surface area contributed by atoms with E-state index in [0.29, 0.717) is 36.7 Å². The van der Waals surface area contributed by atoms with Crippen LogP contribution in [0.5, 0.6) is 5.75 Å². The zero-order valence-corrected chi connectivity index (χ0v) is 15.6. The normalized spacial score (nSPS) is 10.7. The molecule has 0 aliphatic rings. The Bertz CT molecular complexity index is 1010. The van der Waals surface area contributed by atoms with Crippen molar-refractivity contribution in [2.75, 3.05) is 19.5 Å². The van der Waals surface area contributed by atoms with Crippen LogP contribution < -0.4 is 10.5 Å². The lowest BCUT2D eigenvalue weighted by Gasteiger charge is -2.11. The average molecular weight is 403 g/mol. The highest BCUT2D eigenvalue weighted by atomic mass is 19.2. The molecule has 0 atom stereocenters. The SMILES string of the molecule is COC(=O)c1cc(F)c(F)cc1OCCCCn1cnnc1-c1cccc(N)n1. The van der Waals surface area contributed by atoms with Crippen molar-refractivity contribution >= 4 is 11.8 Å². The molecule has 29 heavy (non-hydrogen) atoms. The van der Waals surface area contributed by atoms with E-state index >= 15 is 0 Å². The van der Waals surface area contributed by atoms with Gasteiger partial charge in [0.05, 0.1) is 13.7 Å². The van der Waals surface area contributed by atoms with E-state index in [9.17, 15) is 13.6 Å². The molecule has 0 aliphatic heterocycles. The summed E-state index contributed by atoms with van der Waals surface area (Å²) in [4.78, 5) is 15.9. The molecule has 0 spiro atoms. The lowest BCUT2D eigenvalue weighted by molar-refractivity contribution is 0.0595. The summed E-state index contributed by atoms with van der Waals surface area (Å²) in [6.45, 7) is 0.785. The number of pyridine rings is 1. The molecule has 0 radical (unpaired) electrons. The number of aromatic nitrogens is 4. The Labute approximate surface area is 165 Å². The third kappa shape index (κ3) is 4.84. The van der Waals surface area contributed by atoms with Gasteiger partial charge in [0.2, 0.25) is 0 Å². The molecule has 2 heterocycles. The fraction of sp³-hybridized carbons (Fsp3) is 0.263. The molecule has 3 rings (SSSR count). The number of carbonyl (C=O) groups excluding carboxylic acids is 1. The number of aryl methyl sites for hydroxylation is 1. The third-order valence-corrected chi connectivity index (χ3v) is 4.09. The first-order valence-corrected chi connectivity index (χ1v) is 8.80. The number of methoxy groups -OCH3 is 1. The van der Waals surface area contributed by atoms with Crippen molar-refractivity contribution in [3.05, 3.63) is 53.9 Å². The van der Waals surface area contributed by atoms with E-state index in [1.54, 1.807) is 24.5 Å². The number of hydrogen-bond acceptors (Lipinski definition) is 7. The second-order valence-corrected chi connectivity index (χ2v) is 6.11. The number of anilines is 1. The second kappa shape index (κ2) is 9.09. The van der Waals surface area contributed by atoms with Crippen molar-refractivity contribution in [1.29, 1.82) is 0 Å². The van der Waals surface area contributed by atoms with Crippen LogP contribution in [0.1, 0.15) is 23.2 Å². The van der Waals surface area contributed by atoms with Crippen LogP contribution in [0, 0.1) is 11.6 Å². The van der Waals surface area contributed by atoms with Crippen LogP contribution in [0.2, 0.25) is 0 Å². The van der Waals surface area contributed by atoms with Crippen molar-refractivity contribution in [3.8, 4) is 17.3 Å². The van der Waals surface area contributed by atoms with Gasteiger partial charge in [0.1, 0.15) is 29.2 Å². The smallest absolute Gasteiger partial charge is 0.341 e. The van der Waals surface area contributed by atoms with E-state index in [-0.39, 0.29) is 17.9 Å². The Balaban J connectivity index is 1.57. The molecule has 2 aromatic heterocycles. The molecule has 2 N–H and O–H groups in total.